The summed E-state index contributed by atoms with van der Waals surface area (Å²) < 4.78 is 1.89. The van der Waals surface area contributed by atoms with Gasteiger partial charge < -0.3 is 5.32 Å². The van der Waals surface area contributed by atoms with Crippen molar-refractivity contribution in [2.24, 2.45) is 0 Å². The summed E-state index contributed by atoms with van der Waals surface area (Å²) in [5.74, 6) is -0.217. The summed E-state index contributed by atoms with van der Waals surface area (Å²) >= 11 is 2.92. The summed E-state index contributed by atoms with van der Waals surface area (Å²) in [4.78, 5) is 36.1. The van der Waals surface area contributed by atoms with Crippen molar-refractivity contribution < 1.29 is 4.79 Å². The topological polar surface area (TPSA) is 76.9 Å². The van der Waals surface area contributed by atoms with Gasteiger partial charge in [0.15, 0.2) is 0 Å². The molecule has 4 heterocycles. The van der Waals surface area contributed by atoms with Crippen LogP contribution in [0.2, 0.25) is 0 Å². The molecule has 0 bridgehead atoms. The third kappa shape index (κ3) is 3.26. The fourth-order valence-corrected chi connectivity index (χ4v) is 5.10. The molecule has 1 unspecified atom stereocenters. The van der Waals surface area contributed by atoms with Crippen molar-refractivity contribution in [1.29, 1.82) is 0 Å². The van der Waals surface area contributed by atoms with E-state index in [1.165, 1.54) is 22.2 Å². The summed E-state index contributed by atoms with van der Waals surface area (Å²) in [6, 6.07) is 5.82. The Bertz CT molecular complexity index is 1210. The average molecular weight is 399 g/mol. The standard InChI is InChI=1S/C19H18N4O2S2/c1-10-7-11(2)21-18-15(10)16-17(27-18)19(25)23(9-20-16)8-14(24)22-12(3)13-5-4-6-26-13/h4-7,9,12H,8H2,1-3H3,(H,22,24). The van der Waals surface area contributed by atoms with Crippen molar-refractivity contribution in [2.75, 3.05) is 0 Å². The highest BCUT2D eigenvalue weighted by Gasteiger charge is 2.17. The number of aromatic nitrogens is 3. The number of hydrogen-bond donors (Lipinski definition) is 1. The zero-order chi connectivity index (χ0) is 19.1. The van der Waals surface area contributed by atoms with Crippen LogP contribution < -0.4 is 10.9 Å². The van der Waals surface area contributed by atoms with Gasteiger partial charge in [-0.2, -0.15) is 0 Å². The minimum atomic E-state index is -0.217. The minimum Gasteiger partial charge on any atom is -0.347 e. The van der Waals surface area contributed by atoms with E-state index in [4.69, 9.17) is 0 Å². The van der Waals surface area contributed by atoms with Gasteiger partial charge in [0, 0.05) is 16.0 Å². The fraction of sp³-hybridized carbons (Fsp3) is 0.263. The molecule has 0 aliphatic carbocycles. The maximum atomic E-state index is 12.9. The molecular formula is C19H18N4O2S2. The number of rotatable bonds is 4. The minimum absolute atomic E-state index is 0.0584. The molecule has 0 aliphatic heterocycles. The van der Waals surface area contributed by atoms with Gasteiger partial charge in [-0.3, -0.25) is 14.2 Å². The van der Waals surface area contributed by atoms with Crippen molar-refractivity contribution in [2.45, 2.75) is 33.4 Å². The third-order valence-electron chi connectivity index (χ3n) is 4.40. The first kappa shape index (κ1) is 17.8. The monoisotopic (exact) mass is 398 g/mol. The van der Waals surface area contributed by atoms with Gasteiger partial charge >= 0.3 is 0 Å². The summed E-state index contributed by atoms with van der Waals surface area (Å²) in [6.45, 7) is 5.80. The predicted octanol–water partition coefficient (Wildman–Crippen LogP) is 3.56. The number of pyridine rings is 1. The lowest BCUT2D eigenvalue weighted by Crippen LogP contribution is -2.33. The molecule has 0 aliphatic rings. The molecule has 1 amide bonds. The zero-order valence-corrected chi connectivity index (χ0v) is 16.8. The molecule has 0 saturated carbocycles. The molecule has 0 spiro atoms. The Morgan fingerprint density at radius 1 is 1.37 bits per heavy atom. The predicted molar refractivity (Wildman–Crippen MR) is 110 cm³/mol. The van der Waals surface area contributed by atoms with Gasteiger partial charge in [-0.05, 0) is 43.8 Å². The van der Waals surface area contributed by atoms with Crippen LogP contribution in [0.4, 0.5) is 0 Å². The smallest absolute Gasteiger partial charge is 0.271 e. The Balaban J connectivity index is 1.66. The van der Waals surface area contributed by atoms with Crippen LogP contribution in [0.3, 0.4) is 0 Å². The number of aryl methyl sites for hydroxylation is 2. The van der Waals surface area contributed by atoms with E-state index in [1.54, 1.807) is 11.3 Å². The van der Waals surface area contributed by atoms with Crippen LogP contribution in [0.5, 0.6) is 0 Å². The van der Waals surface area contributed by atoms with E-state index < -0.39 is 0 Å². The van der Waals surface area contributed by atoms with E-state index in [2.05, 4.69) is 15.3 Å². The first-order valence-electron chi connectivity index (χ1n) is 8.52. The highest BCUT2D eigenvalue weighted by atomic mass is 32.1. The Morgan fingerprint density at radius 3 is 2.93 bits per heavy atom. The van der Waals surface area contributed by atoms with Gasteiger partial charge in [-0.25, -0.2) is 9.97 Å². The van der Waals surface area contributed by atoms with Crippen molar-refractivity contribution in [1.82, 2.24) is 19.9 Å². The summed E-state index contributed by atoms with van der Waals surface area (Å²) in [5.41, 5.74) is 2.41. The molecule has 27 heavy (non-hydrogen) atoms. The molecule has 0 saturated heterocycles. The first-order valence-corrected chi connectivity index (χ1v) is 10.2. The number of fused-ring (bicyclic) bond motifs is 3. The number of carbonyl (C=O) groups is 1. The van der Waals surface area contributed by atoms with Crippen LogP contribution in [0.15, 0.2) is 34.7 Å². The molecule has 0 fully saturated rings. The molecule has 0 radical (unpaired) electrons. The SMILES string of the molecule is Cc1cc(C)c2c(n1)sc1c(=O)n(CC(=O)NC(C)c3cccs3)cnc12. The number of thiophene rings is 2. The highest BCUT2D eigenvalue weighted by molar-refractivity contribution is 7.25. The van der Waals surface area contributed by atoms with Gasteiger partial charge in [0.2, 0.25) is 5.91 Å². The second-order valence-electron chi connectivity index (χ2n) is 6.52. The number of hydrogen-bond acceptors (Lipinski definition) is 6. The Kier molecular flexibility index (Phi) is 4.53. The average Bonchev–Trinajstić information content (AvgIpc) is 3.25. The van der Waals surface area contributed by atoms with E-state index >= 15 is 0 Å². The van der Waals surface area contributed by atoms with Crippen LogP contribution in [0.25, 0.3) is 20.4 Å². The van der Waals surface area contributed by atoms with E-state index in [0.717, 1.165) is 26.4 Å². The third-order valence-corrected chi connectivity index (χ3v) is 6.52. The number of nitrogens with one attached hydrogen (secondary N) is 1. The molecule has 1 N–H and O–H groups in total. The molecule has 8 heteroatoms. The van der Waals surface area contributed by atoms with Gasteiger partial charge in [-0.1, -0.05) is 6.07 Å². The van der Waals surface area contributed by atoms with Crippen molar-refractivity contribution in [3.05, 3.63) is 56.4 Å². The maximum Gasteiger partial charge on any atom is 0.271 e. The van der Waals surface area contributed by atoms with Crippen LogP contribution in [-0.4, -0.2) is 20.4 Å². The number of nitrogens with zero attached hydrogens (tertiary/aromatic N) is 3. The Labute approximate surface area is 163 Å². The van der Waals surface area contributed by atoms with Crippen molar-refractivity contribution >= 4 is 49.0 Å². The van der Waals surface area contributed by atoms with Crippen LogP contribution in [0, 0.1) is 13.8 Å². The van der Waals surface area contributed by atoms with Crippen LogP contribution >= 0.6 is 22.7 Å². The summed E-state index contributed by atoms with van der Waals surface area (Å²) in [7, 11) is 0. The van der Waals surface area contributed by atoms with E-state index in [1.807, 2.05) is 44.4 Å². The molecule has 4 aromatic heterocycles. The molecule has 1 atom stereocenters. The van der Waals surface area contributed by atoms with Gasteiger partial charge in [0.1, 0.15) is 16.1 Å². The Morgan fingerprint density at radius 2 is 2.19 bits per heavy atom. The second kappa shape index (κ2) is 6.86. The van der Waals surface area contributed by atoms with Crippen molar-refractivity contribution in [3.8, 4) is 0 Å². The van der Waals surface area contributed by atoms with E-state index in [-0.39, 0.29) is 24.1 Å². The highest BCUT2D eigenvalue weighted by Crippen LogP contribution is 2.31. The summed E-state index contributed by atoms with van der Waals surface area (Å²) in [5, 5.41) is 5.81. The molecular weight excluding hydrogens is 380 g/mol. The number of carbonyl (C=O) groups excluding carboxylic acids is 1. The van der Waals surface area contributed by atoms with Gasteiger partial charge in [0.05, 0.1) is 17.9 Å². The lowest BCUT2D eigenvalue weighted by Gasteiger charge is -2.12. The van der Waals surface area contributed by atoms with Crippen molar-refractivity contribution in [3.63, 3.8) is 0 Å². The van der Waals surface area contributed by atoms with Crippen LogP contribution in [0.1, 0.15) is 29.1 Å². The largest absolute Gasteiger partial charge is 0.347 e. The fourth-order valence-electron chi connectivity index (χ4n) is 3.16. The normalized spacial score (nSPS) is 12.6. The molecule has 138 valence electrons. The lowest BCUT2D eigenvalue weighted by molar-refractivity contribution is -0.122. The lowest BCUT2D eigenvalue weighted by atomic mass is 10.1. The second-order valence-corrected chi connectivity index (χ2v) is 8.50. The molecule has 0 aromatic carbocycles. The molecule has 4 aromatic rings. The molecule has 6 nitrogen and oxygen atoms in total. The number of amides is 1. The summed E-state index contributed by atoms with van der Waals surface area (Å²) in [6.07, 6.45) is 1.45. The Hall–Kier alpha value is -2.58. The quantitative estimate of drug-likeness (QED) is 0.570. The van der Waals surface area contributed by atoms with Crippen LogP contribution in [-0.2, 0) is 11.3 Å². The zero-order valence-electron chi connectivity index (χ0n) is 15.1. The van der Waals surface area contributed by atoms with Gasteiger partial charge in [-0.15, -0.1) is 22.7 Å². The maximum absolute atomic E-state index is 12.9. The van der Waals surface area contributed by atoms with E-state index in [0.29, 0.717) is 10.2 Å². The molecule has 4 rings (SSSR count). The van der Waals surface area contributed by atoms with Gasteiger partial charge in [0.25, 0.3) is 5.56 Å². The first-order chi connectivity index (χ1) is 12.9. The van der Waals surface area contributed by atoms with E-state index in [9.17, 15) is 9.59 Å².